The summed E-state index contributed by atoms with van der Waals surface area (Å²) in [5.74, 6) is 0.810. The van der Waals surface area contributed by atoms with Crippen molar-refractivity contribution in [1.29, 1.82) is 0 Å². The first-order chi connectivity index (χ1) is 17.3. The fraction of sp³-hybridized carbons (Fsp3) is 0.320. The topological polar surface area (TPSA) is 115 Å². The molecule has 0 atom stereocenters. The van der Waals surface area contributed by atoms with Gasteiger partial charge in [-0.2, -0.15) is 21.5 Å². The van der Waals surface area contributed by atoms with Crippen LogP contribution in [0.3, 0.4) is 0 Å². The van der Waals surface area contributed by atoms with E-state index in [1.807, 2.05) is 48.3 Å². The molecule has 0 unspecified atom stereocenters. The van der Waals surface area contributed by atoms with Crippen LogP contribution < -0.4 is 9.47 Å². The molecule has 1 amide bonds. The predicted octanol–water partition coefficient (Wildman–Crippen LogP) is 2.72. The van der Waals surface area contributed by atoms with Gasteiger partial charge in [-0.25, -0.2) is 4.68 Å². The molecule has 1 aliphatic rings. The van der Waals surface area contributed by atoms with Crippen LogP contribution in [-0.2, 0) is 13.7 Å². The predicted molar refractivity (Wildman–Crippen MR) is 135 cm³/mol. The van der Waals surface area contributed by atoms with Gasteiger partial charge in [-0.1, -0.05) is 0 Å². The summed E-state index contributed by atoms with van der Waals surface area (Å²) in [6.45, 7) is 0.949. The number of aryl methyl sites for hydroxylation is 1. The molecule has 4 aromatic rings. The molecule has 11 heteroatoms. The van der Waals surface area contributed by atoms with Crippen LogP contribution in [0.4, 0.5) is 0 Å². The van der Waals surface area contributed by atoms with Crippen molar-refractivity contribution >= 4 is 17.2 Å². The number of likely N-dealkylation sites (N-methyl/N-ethyl adjacent to an activating group) is 1. The molecular weight excluding hydrogens is 482 g/mol. The van der Waals surface area contributed by atoms with Crippen molar-refractivity contribution < 1.29 is 24.5 Å². The summed E-state index contributed by atoms with van der Waals surface area (Å²) in [5.41, 5.74) is 3.50. The van der Waals surface area contributed by atoms with Crippen molar-refractivity contribution in [2.75, 3.05) is 27.4 Å². The Labute approximate surface area is 211 Å². The van der Waals surface area contributed by atoms with Crippen molar-refractivity contribution in [3.05, 3.63) is 52.5 Å². The van der Waals surface area contributed by atoms with Crippen LogP contribution in [0.25, 0.3) is 28.2 Å². The third-order valence-corrected chi connectivity index (χ3v) is 7.32. The number of carbonyl (C=O) groups excluding carboxylic acids is 1. The number of amides is 1. The van der Waals surface area contributed by atoms with Crippen LogP contribution in [0.1, 0.15) is 23.0 Å². The number of hydrogen-bond donors (Lipinski definition) is 2. The molecule has 188 valence electrons. The molecule has 0 spiro atoms. The van der Waals surface area contributed by atoms with Crippen LogP contribution in [0.5, 0.6) is 11.5 Å². The van der Waals surface area contributed by atoms with Gasteiger partial charge in [0.2, 0.25) is 0 Å². The van der Waals surface area contributed by atoms with Gasteiger partial charge in [-0.05, 0) is 30.5 Å². The molecule has 2 N–H and O–H groups in total. The van der Waals surface area contributed by atoms with E-state index in [4.69, 9.17) is 14.6 Å². The normalized spacial score (nSPS) is 12.6. The second kappa shape index (κ2) is 9.08. The van der Waals surface area contributed by atoms with Gasteiger partial charge in [-0.3, -0.25) is 9.48 Å². The molecule has 0 bridgehead atoms. The van der Waals surface area contributed by atoms with E-state index in [2.05, 4.69) is 5.10 Å². The number of fused-ring (bicyclic) bond motifs is 3. The monoisotopic (exact) mass is 509 g/mol. The van der Waals surface area contributed by atoms with Crippen molar-refractivity contribution in [1.82, 2.24) is 24.5 Å². The molecule has 4 heterocycles. The number of nitrogens with zero attached hydrogens (tertiary/aromatic N) is 5. The van der Waals surface area contributed by atoms with Crippen molar-refractivity contribution in [2.24, 2.45) is 7.05 Å². The van der Waals surface area contributed by atoms with Crippen LogP contribution in [-0.4, -0.2) is 73.5 Å². The van der Waals surface area contributed by atoms with Gasteiger partial charge in [0.15, 0.2) is 5.69 Å². The molecule has 0 saturated carbocycles. The molecule has 0 fully saturated rings. The van der Waals surface area contributed by atoms with E-state index in [1.54, 1.807) is 30.4 Å². The van der Waals surface area contributed by atoms with E-state index < -0.39 is 24.7 Å². The molecule has 0 aliphatic carbocycles. The molecule has 1 aromatic carbocycles. The van der Waals surface area contributed by atoms with Crippen LogP contribution in [0.15, 0.2) is 41.2 Å². The van der Waals surface area contributed by atoms with Crippen molar-refractivity contribution in [3.63, 3.8) is 0 Å². The maximum atomic E-state index is 13.6. The van der Waals surface area contributed by atoms with Crippen LogP contribution >= 0.6 is 11.3 Å². The molecule has 1 aliphatic heterocycles. The molecule has 0 saturated heterocycles. The lowest BCUT2D eigenvalue weighted by Crippen LogP contribution is -2.53. The van der Waals surface area contributed by atoms with E-state index in [0.29, 0.717) is 17.1 Å². The highest BCUT2D eigenvalue weighted by atomic mass is 32.1. The van der Waals surface area contributed by atoms with E-state index in [9.17, 15) is 15.0 Å². The highest BCUT2D eigenvalue weighted by Crippen LogP contribution is 2.46. The summed E-state index contributed by atoms with van der Waals surface area (Å²) in [4.78, 5) is 14.9. The minimum atomic E-state index is -1.15. The first-order valence-electron chi connectivity index (χ1n) is 11.3. The summed E-state index contributed by atoms with van der Waals surface area (Å²) < 4.78 is 15.2. The van der Waals surface area contributed by atoms with Gasteiger partial charge in [0.1, 0.15) is 18.1 Å². The minimum Gasteiger partial charge on any atom is -0.496 e. The van der Waals surface area contributed by atoms with Gasteiger partial charge in [-0.15, -0.1) is 0 Å². The SMILES string of the molecule is COc1cc2c(cc1-c1ccn(C)n1)-c1c(c(C(=O)N(C)C(C)(CO)CO)nn1-c1ccsc1)CO2. The van der Waals surface area contributed by atoms with Gasteiger partial charge < -0.3 is 24.6 Å². The zero-order valence-corrected chi connectivity index (χ0v) is 21.2. The lowest BCUT2D eigenvalue weighted by molar-refractivity contribution is 0.0144. The standard InChI is InChI=1S/C25H27N5O5S/c1-25(13-31,14-32)29(3)24(33)22-18-11-35-21-10-20(34-4)16(19-5-7-28(2)26-19)9-17(21)23(18)30(27-22)15-6-8-36-12-15/h5-10,12,31-32H,11,13-14H2,1-4H3. The third-order valence-electron chi connectivity index (χ3n) is 6.65. The van der Waals surface area contributed by atoms with E-state index >= 15 is 0 Å². The van der Waals surface area contributed by atoms with Crippen LogP contribution in [0.2, 0.25) is 0 Å². The van der Waals surface area contributed by atoms with Crippen LogP contribution in [0, 0.1) is 0 Å². The number of benzene rings is 1. The fourth-order valence-electron chi connectivity index (χ4n) is 4.21. The highest BCUT2D eigenvalue weighted by Gasteiger charge is 2.37. The molecule has 0 radical (unpaired) electrons. The Kier molecular flexibility index (Phi) is 6.07. The lowest BCUT2D eigenvalue weighted by atomic mass is 9.97. The van der Waals surface area contributed by atoms with E-state index in [-0.39, 0.29) is 12.3 Å². The number of ether oxygens (including phenoxy) is 2. The summed E-state index contributed by atoms with van der Waals surface area (Å²) in [7, 11) is 5.00. The highest BCUT2D eigenvalue weighted by molar-refractivity contribution is 7.08. The Morgan fingerprint density at radius 3 is 2.64 bits per heavy atom. The number of methoxy groups -OCH3 is 1. The second-order valence-corrected chi connectivity index (χ2v) is 9.74. The number of aromatic nitrogens is 4. The maximum absolute atomic E-state index is 13.6. The third kappa shape index (κ3) is 3.76. The average molecular weight is 510 g/mol. The first kappa shape index (κ1) is 24.0. The number of carbonyl (C=O) groups is 1. The van der Waals surface area contributed by atoms with Gasteiger partial charge in [0.25, 0.3) is 5.91 Å². The average Bonchev–Trinajstić information content (AvgIpc) is 3.66. The Bertz CT molecular complexity index is 1420. The van der Waals surface area contributed by atoms with Gasteiger partial charge in [0, 0.05) is 48.4 Å². The van der Waals surface area contributed by atoms with Gasteiger partial charge in [0.05, 0.1) is 42.9 Å². The smallest absolute Gasteiger partial charge is 0.275 e. The summed E-state index contributed by atoms with van der Waals surface area (Å²) in [5, 5.41) is 32.8. The molecule has 36 heavy (non-hydrogen) atoms. The molecule has 5 rings (SSSR count). The Morgan fingerprint density at radius 2 is 2.03 bits per heavy atom. The van der Waals surface area contributed by atoms with Gasteiger partial charge >= 0.3 is 0 Å². The molecule has 10 nitrogen and oxygen atoms in total. The zero-order valence-electron chi connectivity index (χ0n) is 20.4. The Hall–Kier alpha value is -3.67. The number of aliphatic hydroxyl groups is 2. The molecule has 3 aromatic heterocycles. The van der Waals surface area contributed by atoms with E-state index in [1.165, 1.54) is 16.2 Å². The lowest BCUT2D eigenvalue weighted by Gasteiger charge is -2.35. The zero-order chi connectivity index (χ0) is 25.6. The quantitative estimate of drug-likeness (QED) is 0.394. The summed E-state index contributed by atoms with van der Waals surface area (Å²) in [6.07, 6.45) is 1.86. The maximum Gasteiger partial charge on any atom is 0.275 e. The number of rotatable bonds is 7. The number of thiophene rings is 1. The number of hydrogen-bond acceptors (Lipinski definition) is 8. The largest absolute Gasteiger partial charge is 0.496 e. The summed E-state index contributed by atoms with van der Waals surface area (Å²) in [6, 6.07) is 7.61. The minimum absolute atomic E-state index is 0.127. The Morgan fingerprint density at radius 1 is 1.25 bits per heavy atom. The number of aliphatic hydroxyl groups excluding tert-OH is 2. The molecular formula is C25H27N5O5S. The van der Waals surface area contributed by atoms with E-state index in [0.717, 1.165) is 28.2 Å². The Balaban J connectivity index is 1.72. The first-order valence-corrected chi connectivity index (χ1v) is 12.2. The van der Waals surface area contributed by atoms with Crippen molar-refractivity contribution in [2.45, 2.75) is 19.1 Å². The summed E-state index contributed by atoms with van der Waals surface area (Å²) >= 11 is 1.52. The van der Waals surface area contributed by atoms with Crippen molar-refractivity contribution in [3.8, 4) is 39.7 Å². The second-order valence-electron chi connectivity index (χ2n) is 8.96. The fourth-order valence-corrected chi connectivity index (χ4v) is 4.82.